The molecule has 1 aliphatic rings. The van der Waals surface area contributed by atoms with Gasteiger partial charge in [-0.25, -0.2) is 8.42 Å². The van der Waals surface area contributed by atoms with Gasteiger partial charge in [0.25, 0.3) is 0 Å². The minimum Gasteiger partial charge on any atom is -0.481 e. The summed E-state index contributed by atoms with van der Waals surface area (Å²) in [6, 6.07) is 0. The average molecular weight is 208 g/mol. The molecule has 74 valence electrons. The van der Waals surface area contributed by atoms with Crippen molar-refractivity contribution in [1.82, 2.24) is 0 Å². The molecule has 0 aliphatic carbocycles. The molecule has 1 heterocycles. The predicted octanol–water partition coefficient (Wildman–Crippen LogP) is -1.18. The van der Waals surface area contributed by atoms with Gasteiger partial charge in [0.05, 0.1) is 23.3 Å². The van der Waals surface area contributed by atoms with Crippen molar-refractivity contribution in [1.29, 1.82) is 0 Å². The van der Waals surface area contributed by atoms with E-state index >= 15 is 0 Å². The Labute approximate surface area is 74.1 Å². The maximum absolute atomic E-state index is 10.9. The molecule has 0 bridgehead atoms. The Hall–Kier alpha value is -1.11. The highest BCUT2D eigenvalue weighted by atomic mass is 32.2. The summed E-state index contributed by atoms with van der Waals surface area (Å²) in [6.45, 7) is 0. The number of carboxylic acids is 2. The summed E-state index contributed by atoms with van der Waals surface area (Å²) in [6.07, 6.45) is 0. The number of carboxylic acid groups (broad SMARTS) is 2. The Morgan fingerprint density at radius 2 is 1.31 bits per heavy atom. The number of sulfone groups is 1. The molecular formula is C6H8O6S. The second-order valence-corrected chi connectivity index (χ2v) is 5.12. The van der Waals surface area contributed by atoms with Gasteiger partial charge in [-0.3, -0.25) is 9.59 Å². The van der Waals surface area contributed by atoms with Gasteiger partial charge in [0.15, 0.2) is 9.84 Å². The quantitative estimate of drug-likeness (QED) is 0.591. The van der Waals surface area contributed by atoms with E-state index in [0.29, 0.717) is 0 Å². The number of aliphatic carboxylic acids is 2. The van der Waals surface area contributed by atoms with Gasteiger partial charge >= 0.3 is 11.9 Å². The molecule has 0 aromatic heterocycles. The normalized spacial score (nSPS) is 31.4. The van der Waals surface area contributed by atoms with Gasteiger partial charge in [-0.2, -0.15) is 0 Å². The first-order chi connectivity index (χ1) is 5.83. The van der Waals surface area contributed by atoms with E-state index in [2.05, 4.69) is 0 Å². The summed E-state index contributed by atoms with van der Waals surface area (Å²) in [7, 11) is -3.50. The van der Waals surface area contributed by atoms with Crippen LogP contribution in [0.2, 0.25) is 0 Å². The van der Waals surface area contributed by atoms with Crippen LogP contribution in [0.15, 0.2) is 0 Å². The summed E-state index contributed by atoms with van der Waals surface area (Å²) in [5, 5.41) is 17.1. The minimum atomic E-state index is -3.50. The lowest BCUT2D eigenvalue weighted by Gasteiger charge is -2.06. The van der Waals surface area contributed by atoms with Crippen LogP contribution >= 0.6 is 0 Å². The molecule has 1 fully saturated rings. The van der Waals surface area contributed by atoms with Crippen LogP contribution < -0.4 is 0 Å². The monoisotopic (exact) mass is 208 g/mol. The van der Waals surface area contributed by atoms with Crippen molar-refractivity contribution >= 4 is 21.8 Å². The first kappa shape index (κ1) is 9.97. The maximum Gasteiger partial charge on any atom is 0.308 e. The van der Waals surface area contributed by atoms with Crippen molar-refractivity contribution in [2.24, 2.45) is 11.8 Å². The van der Waals surface area contributed by atoms with Crippen molar-refractivity contribution in [3.8, 4) is 0 Å². The van der Waals surface area contributed by atoms with Crippen molar-refractivity contribution in [3.05, 3.63) is 0 Å². The zero-order valence-corrected chi connectivity index (χ0v) is 7.32. The number of hydrogen-bond acceptors (Lipinski definition) is 4. The maximum atomic E-state index is 10.9. The van der Waals surface area contributed by atoms with Crippen molar-refractivity contribution in [2.75, 3.05) is 11.5 Å². The summed E-state index contributed by atoms with van der Waals surface area (Å²) in [4.78, 5) is 21.0. The molecule has 0 spiro atoms. The SMILES string of the molecule is O=C(O)[C@@H]1CS(=O)(=O)C[C@H]1C(=O)O. The molecule has 1 aliphatic heterocycles. The van der Waals surface area contributed by atoms with Gasteiger partial charge in [-0.1, -0.05) is 0 Å². The Kier molecular flexibility index (Phi) is 2.29. The van der Waals surface area contributed by atoms with E-state index in [1.807, 2.05) is 0 Å². The molecule has 2 atom stereocenters. The van der Waals surface area contributed by atoms with E-state index in [1.165, 1.54) is 0 Å². The van der Waals surface area contributed by atoms with Gasteiger partial charge in [0, 0.05) is 0 Å². The molecule has 1 rings (SSSR count). The van der Waals surface area contributed by atoms with Crippen LogP contribution in [0, 0.1) is 11.8 Å². The fourth-order valence-electron chi connectivity index (χ4n) is 1.33. The first-order valence-corrected chi connectivity index (χ1v) is 5.31. The van der Waals surface area contributed by atoms with E-state index in [-0.39, 0.29) is 0 Å². The van der Waals surface area contributed by atoms with E-state index in [1.54, 1.807) is 0 Å². The fraction of sp³-hybridized carbons (Fsp3) is 0.667. The molecular weight excluding hydrogens is 200 g/mol. The fourth-order valence-corrected chi connectivity index (χ4v) is 3.31. The van der Waals surface area contributed by atoms with E-state index < -0.39 is 45.1 Å². The average Bonchev–Trinajstić information content (AvgIpc) is 2.26. The Morgan fingerprint density at radius 3 is 1.54 bits per heavy atom. The molecule has 0 saturated carbocycles. The summed E-state index contributed by atoms with van der Waals surface area (Å²) in [5.74, 6) is -6.48. The Morgan fingerprint density at radius 1 is 1.00 bits per heavy atom. The van der Waals surface area contributed by atoms with Gasteiger partial charge in [0.2, 0.25) is 0 Å². The largest absolute Gasteiger partial charge is 0.481 e. The molecule has 13 heavy (non-hydrogen) atoms. The molecule has 2 N–H and O–H groups in total. The van der Waals surface area contributed by atoms with Crippen LogP contribution in [0.5, 0.6) is 0 Å². The number of rotatable bonds is 2. The van der Waals surface area contributed by atoms with E-state index in [0.717, 1.165) is 0 Å². The number of hydrogen-bond donors (Lipinski definition) is 2. The Balaban J connectivity index is 2.97. The third kappa shape index (κ3) is 1.97. The zero-order chi connectivity index (χ0) is 10.2. The lowest BCUT2D eigenvalue weighted by molar-refractivity contribution is -0.151. The van der Waals surface area contributed by atoms with E-state index in [9.17, 15) is 18.0 Å². The molecule has 7 heteroatoms. The van der Waals surface area contributed by atoms with Crippen LogP contribution in [0.1, 0.15) is 0 Å². The highest BCUT2D eigenvalue weighted by molar-refractivity contribution is 7.91. The standard InChI is InChI=1S/C6H8O6S/c7-5(8)3-1-13(11,12)2-4(3)6(9)10/h3-4H,1-2H2,(H,7,8)(H,9,10)/t3-,4-/m1/s1. The number of carbonyl (C=O) groups is 2. The second-order valence-electron chi connectivity index (χ2n) is 2.97. The first-order valence-electron chi connectivity index (χ1n) is 3.49. The van der Waals surface area contributed by atoms with Crippen molar-refractivity contribution in [2.45, 2.75) is 0 Å². The third-order valence-electron chi connectivity index (χ3n) is 1.99. The van der Waals surface area contributed by atoms with Gasteiger partial charge in [0.1, 0.15) is 0 Å². The summed E-state index contributed by atoms with van der Waals surface area (Å²) >= 11 is 0. The van der Waals surface area contributed by atoms with Crippen LogP contribution in [-0.2, 0) is 19.4 Å². The van der Waals surface area contributed by atoms with Crippen LogP contribution in [0.25, 0.3) is 0 Å². The minimum absolute atomic E-state index is 0.570. The molecule has 0 unspecified atom stereocenters. The molecule has 0 amide bonds. The van der Waals surface area contributed by atoms with Crippen LogP contribution in [0.3, 0.4) is 0 Å². The summed E-state index contributed by atoms with van der Waals surface area (Å²) in [5.41, 5.74) is 0. The lowest BCUT2D eigenvalue weighted by atomic mass is 9.97. The van der Waals surface area contributed by atoms with E-state index in [4.69, 9.17) is 10.2 Å². The smallest absolute Gasteiger partial charge is 0.308 e. The topological polar surface area (TPSA) is 109 Å². The molecule has 0 aromatic carbocycles. The van der Waals surface area contributed by atoms with Crippen LogP contribution in [0.4, 0.5) is 0 Å². The van der Waals surface area contributed by atoms with Gasteiger partial charge in [-0.15, -0.1) is 0 Å². The highest BCUT2D eigenvalue weighted by Gasteiger charge is 2.45. The molecule has 6 nitrogen and oxygen atoms in total. The molecule has 0 aromatic rings. The highest BCUT2D eigenvalue weighted by Crippen LogP contribution is 2.25. The third-order valence-corrected chi connectivity index (χ3v) is 3.72. The van der Waals surface area contributed by atoms with Gasteiger partial charge in [-0.05, 0) is 0 Å². The summed E-state index contributed by atoms with van der Waals surface area (Å²) < 4.78 is 21.9. The predicted molar refractivity (Wildman–Crippen MR) is 40.9 cm³/mol. The van der Waals surface area contributed by atoms with Crippen LogP contribution in [-0.4, -0.2) is 42.1 Å². The molecule has 0 radical (unpaired) electrons. The lowest BCUT2D eigenvalue weighted by Crippen LogP contribution is -2.28. The van der Waals surface area contributed by atoms with Crippen molar-refractivity contribution < 1.29 is 28.2 Å². The van der Waals surface area contributed by atoms with Crippen molar-refractivity contribution in [3.63, 3.8) is 0 Å². The Bertz CT molecular complexity index is 314. The second kappa shape index (κ2) is 2.99. The zero-order valence-electron chi connectivity index (χ0n) is 6.50. The van der Waals surface area contributed by atoms with Gasteiger partial charge < -0.3 is 10.2 Å². The molecule has 1 saturated heterocycles.